The van der Waals surface area contributed by atoms with Gasteiger partial charge in [-0.2, -0.15) is 0 Å². The third kappa shape index (κ3) is 3.55. The van der Waals surface area contributed by atoms with Crippen molar-refractivity contribution in [1.82, 2.24) is 4.90 Å². The number of nitrogens with zero attached hydrogens (tertiary/aromatic N) is 1. The summed E-state index contributed by atoms with van der Waals surface area (Å²) in [4.78, 5) is 14.6. The van der Waals surface area contributed by atoms with Crippen molar-refractivity contribution in [1.29, 1.82) is 0 Å². The molecule has 0 bridgehead atoms. The standard InChI is InChI=1S/C17H16N2O2S2/c18-9-4-10-19-16(20)15(23-17(19)22)11-13-7-8-14(21-13)12-5-2-1-3-6-12/h1-3,5-8,11H,4,9-10,18H2/b15-11-. The van der Waals surface area contributed by atoms with E-state index in [1.165, 1.54) is 11.8 Å². The van der Waals surface area contributed by atoms with Gasteiger partial charge in [-0.1, -0.05) is 54.3 Å². The lowest BCUT2D eigenvalue weighted by Crippen LogP contribution is -2.30. The van der Waals surface area contributed by atoms with E-state index in [0.29, 0.717) is 28.1 Å². The van der Waals surface area contributed by atoms with Gasteiger partial charge < -0.3 is 10.2 Å². The van der Waals surface area contributed by atoms with Gasteiger partial charge in [0.05, 0.1) is 4.91 Å². The third-order valence-corrected chi connectivity index (χ3v) is 4.80. The maximum absolute atomic E-state index is 12.4. The van der Waals surface area contributed by atoms with Crippen LogP contribution in [0.4, 0.5) is 0 Å². The molecule has 0 unspecified atom stereocenters. The lowest BCUT2D eigenvalue weighted by atomic mass is 10.2. The number of rotatable bonds is 5. The number of carbonyl (C=O) groups excluding carboxylic acids is 1. The van der Waals surface area contributed by atoms with Crippen LogP contribution in [0.25, 0.3) is 17.4 Å². The highest BCUT2D eigenvalue weighted by molar-refractivity contribution is 8.26. The summed E-state index contributed by atoms with van der Waals surface area (Å²) in [6.45, 7) is 1.10. The SMILES string of the molecule is NCCCN1C(=O)/C(=C/c2ccc(-c3ccccc3)o2)SC1=S. The summed E-state index contributed by atoms with van der Waals surface area (Å²) in [5.41, 5.74) is 6.50. The van der Waals surface area contributed by atoms with Crippen molar-refractivity contribution in [3.05, 3.63) is 53.1 Å². The number of thiocarbonyl (C=S) groups is 1. The van der Waals surface area contributed by atoms with Gasteiger partial charge in [0, 0.05) is 18.2 Å². The highest BCUT2D eigenvalue weighted by Crippen LogP contribution is 2.33. The average Bonchev–Trinajstić information content (AvgIpc) is 3.13. The molecule has 2 N–H and O–H groups in total. The molecular formula is C17H16N2O2S2. The quantitative estimate of drug-likeness (QED) is 0.664. The molecular weight excluding hydrogens is 328 g/mol. The number of carbonyl (C=O) groups is 1. The van der Waals surface area contributed by atoms with Gasteiger partial charge in [0.15, 0.2) is 0 Å². The molecule has 0 radical (unpaired) electrons. The first-order valence-electron chi connectivity index (χ1n) is 7.30. The van der Waals surface area contributed by atoms with Gasteiger partial charge in [0.1, 0.15) is 15.8 Å². The molecule has 2 heterocycles. The minimum atomic E-state index is -0.0777. The van der Waals surface area contributed by atoms with Crippen molar-refractivity contribution >= 4 is 40.3 Å². The minimum absolute atomic E-state index is 0.0777. The molecule has 0 atom stereocenters. The third-order valence-electron chi connectivity index (χ3n) is 3.42. The van der Waals surface area contributed by atoms with Gasteiger partial charge in [0.2, 0.25) is 0 Å². The average molecular weight is 344 g/mol. The number of benzene rings is 1. The molecule has 1 fully saturated rings. The Hall–Kier alpha value is -1.89. The Morgan fingerprint density at radius 1 is 1.22 bits per heavy atom. The van der Waals surface area contributed by atoms with Gasteiger partial charge in [0.25, 0.3) is 5.91 Å². The van der Waals surface area contributed by atoms with Gasteiger partial charge in [-0.3, -0.25) is 9.69 Å². The van der Waals surface area contributed by atoms with E-state index in [9.17, 15) is 4.79 Å². The van der Waals surface area contributed by atoms with E-state index in [1.807, 2.05) is 42.5 Å². The molecule has 1 aromatic carbocycles. The summed E-state index contributed by atoms with van der Waals surface area (Å²) in [5, 5.41) is 0. The number of hydrogen-bond donors (Lipinski definition) is 1. The van der Waals surface area contributed by atoms with Crippen molar-refractivity contribution in [3.8, 4) is 11.3 Å². The summed E-state index contributed by atoms with van der Waals surface area (Å²) in [6.07, 6.45) is 2.48. The molecule has 4 nitrogen and oxygen atoms in total. The lowest BCUT2D eigenvalue weighted by molar-refractivity contribution is -0.122. The molecule has 118 valence electrons. The molecule has 0 saturated carbocycles. The van der Waals surface area contributed by atoms with Crippen LogP contribution in [0.2, 0.25) is 0 Å². The molecule has 0 spiro atoms. The largest absolute Gasteiger partial charge is 0.457 e. The molecule has 1 amide bonds. The fraction of sp³-hybridized carbons (Fsp3) is 0.176. The number of furan rings is 1. The van der Waals surface area contributed by atoms with Crippen LogP contribution in [0.15, 0.2) is 51.8 Å². The number of amides is 1. The lowest BCUT2D eigenvalue weighted by Gasteiger charge is -2.12. The summed E-state index contributed by atoms with van der Waals surface area (Å²) < 4.78 is 6.38. The predicted molar refractivity (Wildman–Crippen MR) is 97.7 cm³/mol. The second kappa shape index (κ2) is 7.12. The molecule has 1 aliphatic rings. The predicted octanol–water partition coefficient (Wildman–Crippen LogP) is 3.50. The second-order valence-electron chi connectivity index (χ2n) is 5.04. The number of hydrogen-bond acceptors (Lipinski definition) is 5. The Morgan fingerprint density at radius 3 is 2.74 bits per heavy atom. The Morgan fingerprint density at radius 2 is 2.00 bits per heavy atom. The normalized spacial score (nSPS) is 16.6. The molecule has 23 heavy (non-hydrogen) atoms. The molecule has 3 rings (SSSR count). The topological polar surface area (TPSA) is 59.5 Å². The Balaban J connectivity index is 1.79. The van der Waals surface area contributed by atoms with Gasteiger partial charge in [-0.25, -0.2) is 0 Å². The minimum Gasteiger partial charge on any atom is -0.457 e. The first-order chi connectivity index (χ1) is 11.2. The van der Waals surface area contributed by atoms with Crippen LogP contribution in [0.3, 0.4) is 0 Å². The van der Waals surface area contributed by atoms with Crippen LogP contribution in [-0.4, -0.2) is 28.2 Å². The van der Waals surface area contributed by atoms with Crippen LogP contribution in [0.5, 0.6) is 0 Å². The van der Waals surface area contributed by atoms with E-state index in [2.05, 4.69) is 0 Å². The summed E-state index contributed by atoms with van der Waals surface area (Å²) in [7, 11) is 0. The smallest absolute Gasteiger partial charge is 0.266 e. The fourth-order valence-corrected chi connectivity index (χ4v) is 3.55. The molecule has 1 aromatic heterocycles. The summed E-state index contributed by atoms with van der Waals surface area (Å²) >= 11 is 6.56. The van der Waals surface area contributed by atoms with Crippen LogP contribution < -0.4 is 5.73 Å². The van der Waals surface area contributed by atoms with E-state index in [4.69, 9.17) is 22.4 Å². The molecule has 2 aromatic rings. The zero-order valence-electron chi connectivity index (χ0n) is 12.4. The monoisotopic (exact) mass is 344 g/mol. The van der Waals surface area contributed by atoms with Crippen LogP contribution in [0.1, 0.15) is 12.2 Å². The van der Waals surface area contributed by atoms with Crippen molar-refractivity contribution in [2.24, 2.45) is 5.73 Å². The number of thioether (sulfide) groups is 1. The first-order valence-corrected chi connectivity index (χ1v) is 8.52. The van der Waals surface area contributed by atoms with Crippen molar-refractivity contribution < 1.29 is 9.21 Å². The van der Waals surface area contributed by atoms with Gasteiger partial charge in [-0.15, -0.1) is 0 Å². The maximum Gasteiger partial charge on any atom is 0.266 e. The summed E-state index contributed by atoms with van der Waals surface area (Å²) in [6, 6.07) is 13.6. The van der Waals surface area contributed by atoms with Crippen molar-refractivity contribution in [3.63, 3.8) is 0 Å². The Kier molecular flexibility index (Phi) is 4.95. The molecule has 6 heteroatoms. The van der Waals surface area contributed by atoms with Gasteiger partial charge in [-0.05, 0) is 25.1 Å². The highest BCUT2D eigenvalue weighted by atomic mass is 32.2. The first kappa shape index (κ1) is 16.0. The molecule has 1 aliphatic heterocycles. The van der Waals surface area contributed by atoms with E-state index >= 15 is 0 Å². The van der Waals surface area contributed by atoms with Crippen LogP contribution >= 0.6 is 24.0 Å². The molecule has 0 aliphatic carbocycles. The Bertz CT molecular complexity index is 753. The maximum atomic E-state index is 12.4. The summed E-state index contributed by atoms with van der Waals surface area (Å²) in [5.74, 6) is 1.34. The van der Waals surface area contributed by atoms with Crippen molar-refractivity contribution in [2.45, 2.75) is 6.42 Å². The van der Waals surface area contributed by atoms with E-state index in [0.717, 1.165) is 17.7 Å². The van der Waals surface area contributed by atoms with Gasteiger partial charge >= 0.3 is 0 Å². The van der Waals surface area contributed by atoms with Crippen LogP contribution in [0, 0.1) is 0 Å². The number of nitrogens with two attached hydrogens (primary N) is 1. The van der Waals surface area contributed by atoms with Crippen LogP contribution in [-0.2, 0) is 4.79 Å². The zero-order valence-corrected chi connectivity index (χ0v) is 14.0. The molecule has 1 saturated heterocycles. The second-order valence-corrected chi connectivity index (χ2v) is 6.72. The Labute approximate surface area is 144 Å². The van der Waals surface area contributed by atoms with E-state index < -0.39 is 0 Å². The highest BCUT2D eigenvalue weighted by Gasteiger charge is 2.31. The van der Waals surface area contributed by atoms with E-state index in [-0.39, 0.29) is 5.91 Å². The zero-order chi connectivity index (χ0) is 16.2. The van der Waals surface area contributed by atoms with E-state index in [1.54, 1.807) is 11.0 Å². The fourth-order valence-electron chi connectivity index (χ4n) is 2.26. The van der Waals surface area contributed by atoms with Crippen molar-refractivity contribution in [2.75, 3.05) is 13.1 Å².